The standard InChI is InChI=1S/C22H16Cl2F4N6O3/c1-2-8-36-21(35)32-16-10-34(33-19(16)12-6-7-13(23)14(24)9-12)20(30-11-29)31-15-4-3-5-17(18(15)25)37-22(26,27)28/h2-7,9,16H,1,8,10H2,(H,30,31)(H,32,35)/t16-/m1/s1. The lowest BCUT2D eigenvalue weighted by Gasteiger charge is -2.19. The maximum atomic E-state index is 14.7. The molecule has 9 nitrogen and oxygen atoms in total. The van der Waals surface area contributed by atoms with Crippen LogP contribution in [0.15, 0.2) is 59.1 Å². The molecule has 0 aliphatic carbocycles. The maximum Gasteiger partial charge on any atom is 0.573 e. The number of rotatable bonds is 6. The Labute approximate surface area is 217 Å². The molecule has 0 fully saturated rings. The molecular formula is C22H16Cl2F4N6O3. The zero-order valence-electron chi connectivity index (χ0n) is 18.5. The minimum atomic E-state index is -5.13. The molecule has 2 aromatic rings. The summed E-state index contributed by atoms with van der Waals surface area (Å²) in [5.74, 6) is -2.84. The number of hydrogen-bond acceptors (Lipinski definition) is 6. The molecule has 0 aromatic heterocycles. The van der Waals surface area contributed by atoms with Crippen LogP contribution in [0.5, 0.6) is 5.75 Å². The lowest BCUT2D eigenvalue weighted by atomic mass is 10.0. The minimum Gasteiger partial charge on any atom is -0.445 e. The van der Waals surface area contributed by atoms with Gasteiger partial charge in [-0.15, -0.1) is 18.2 Å². The van der Waals surface area contributed by atoms with Gasteiger partial charge in [-0.3, -0.25) is 0 Å². The quantitative estimate of drug-likeness (QED) is 0.164. The van der Waals surface area contributed by atoms with Crippen LogP contribution in [-0.2, 0) is 4.74 Å². The first-order valence-electron chi connectivity index (χ1n) is 10.2. The lowest BCUT2D eigenvalue weighted by molar-refractivity contribution is -0.275. The number of nitriles is 1. The number of amides is 1. The van der Waals surface area contributed by atoms with Gasteiger partial charge in [0.2, 0.25) is 12.2 Å². The molecule has 0 saturated carbocycles. The van der Waals surface area contributed by atoms with Crippen LogP contribution in [0.1, 0.15) is 5.56 Å². The van der Waals surface area contributed by atoms with Gasteiger partial charge < -0.3 is 20.1 Å². The van der Waals surface area contributed by atoms with E-state index in [2.05, 4.69) is 32.0 Å². The van der Waals surface area contributed by atoms with E-state index >= 15 is 0 Å². The van der Waals surface area contributed by atoms with Crippen LogP contribution >= 0.6 is 23.2 Å². The van der Waals surface area contributed by atoms with Crippen LogP contribution in [0.25, 0.3) is 0 Å². The minimum absolute atomic E-state index is 0.0696. The number of carbonyl (C=O) groups is 1. The molecule has 1 amide bonds. The Morgan fingerprint density at radius 1 is 1.32 bits per heavy atom. The topological polar surface area (TPSA) is 111 Å². The highest BCUT2D eigenvalue weighted by atomic mass is 35.5. The van der Waals surface area contributed by atoms with Crippen molar-refractivity contribution >= 4 is 46.7 Å². The molecule has 1 aliphatic rings. The molecule has 0 saturated heterocycles. The van der Waals surface area contributed by atoms with Crippen LogP contribution in [0.3, 0.4) is 0 Å². The van der Waals surface area contributed by atoms with Gasteiger partial charge >= 0.3 is 12.5 Å². The van der Waals surface area contributed by atoms with Gasteiger partial charge in [0.15, 0.2) is 11.6 Å². The second kappa shape index (κ2) is 11.8. The Hall–Kier alpha value is -4.02. The van der Waals surface area contributed by atoms with Crippen molar-refractivity contribution in [3.63, 3.8) is 0 Å². The number of hydrazone groups is 1. The third kappa shape index (κ3) is 7.25. The van der Waals surface area contributed by atoms with E-state index in [-0.39, 0.29) is 34.9 Å². The predicted molar refractivity (Wildman–Crippen MR) is 128 cm³/mol. The number of halogens is 6. The average molecular weight is 559 g/mol. The number of alkyl halides is 3. The molecule has 0 spiro atoms. The smallest absolute Gasteiger partial charge is 0.445 e. The fourth-order valence-corrected chi connectivity index (χ4v) is 3.41. The Morgan fingerprint density at radius 3 is 2.73 bits per heavy atom. The number of anilines is 1. The number of aliphatic imine (C=N–C) groups is 1. The largest absolute Gasteiger partial charge is 0.573 e. The van der Waals surface area contributed by atoms with Crippen molar-refractivity contribution in [2.75, 3.05) is 18.5 Å². The predicted octanol–water partition coefficient (Wildman–Crippen LogP) is 5.28. The molecule has 1 aliphatic heterocycles. The van der Waals surface area contributed by atoms with Gasteiger partial charge in [-0.25, -0.2) is 14.2 Å². The number of alkyl carbamates (subject to hydrolysis) is 1. The third-order valence-electron chi connectivity index (χ3n) is 4.59. The van der Waals surface area contributed by atoms with E-state index in [4.69, 9.17) is 33.2 Å². The van der Waals surface area contributed by atoms with Gasteiger partial charge in [-0.2, -0.15) is 10.4 Å². The highest BCUT2D eigenvalue weighted by molar-refractivity contribution is 6.42. The summed E-state index contributed by atoms with van der Waals surface area (Å²) in [5, 5.41) is 20.1. The summed E-state index contributed by atoms with van der Waals surface area (Å²) >= 11 is 12.1. The summed E-state index contributed by atoms with van der Waals surface area (Å²) in [6, 6.07) is 6.71. The van der Waals surface area contributed by atoms with Gasteiger partial charge in [0.05, 0.1) is 34.0 Å². The number of hydrogen-bond donors (Lipinski definition) is 2. The van der Waals surface area contributed by atoms with Gasteiger partial charge in [0.1, 0.15) is 6.61 Å². The fraction of sp³-hybridized carbons (Fsp3) is 0.182. The molecule has 37 heavy (non-hydrogen) atoms. The van der Waals surface area contributed by atoms with E-state index in [1.807, 2.05) is 0 Å². The first-order valence-corrected chi connectivity index (χ1v) is 10.9. The molecule has 2 N–H and O–H groups in total. The second-order valence-corrected chi connectivity index (χ2v) is 7.92. The molecule has 194 valence electrons. The number of nitrogens with zero attached hydrogens (tertiary/aromatic N) is 4. The molecule has 15 heteroatoms. The van der Waals surface area contributed by atoms with Crippen molar-refractivity contribution in [3.8, 4) is 11.9 Å². The van der Waals surface area contributed by atoms with Crippen molar-refractivity contribution < 1.29 is 31.8 Å². The van der Waals surface area contributed by atoms with E-state index in [0.717, 1.165) is 23.2 Å². The third-order valence-corrected chi connectivity index (χ3v) is 5.33. The van der Waals surface area contributed by atoms with E-state index < -0.39 is 35.8 Å². The van der Waals surface area contributed by atoms with Crippen LogP contribution in [0.2, 0.25) is 10.0 Å². The van der Waals surface area contributed by atoms with Crippen molar-refractivity contribution in [2.24, 2.45) is 10.1 Å². The summed E-state index contributed by atoms with van der Waals surface area (Å²) in [5.41, 5.74) is 0.203. The molecule has 2 aromatic carbocycles. The van der Waals surface area contributed by atoms with Gasteiger partial charge in [0, 0.05) is 5.56 Å². The lowest BCUT2D eigenvalue weighted by Crippen LogP contribution is -2.44. The molecule has 0 bridgehead atoms. The number of nitrogens with one attached hydrogen (secondary N) is 2. The highest BCUT2D eigenvalue weighted by Gasteiger charge is 2.34. The fourth-order valence-electron chi connectivity index (χ4n) is 3.11. The van der Waals surface area contributed by atoms with Gasteiger partial charge in [0.25, 0.3) is 0 Å². The van der Waals surface area contributed by atoms with E-state index in [0.29, 0.717) is 5.56 Å². The van der Waals surface area contributed by atoms with Gasteiger partial charge in [-0.1, -0.05) is 48.0 Å². The van der Waals surface area contributed by atoms with E-state index in [9.17, 15) is 22.4 Å². The maximum absolute atomic E-state index is 14.7. The molecule has 3 rings (SSSR count). The second-order valence-electron chi connectivity index (χ2n) is 7.11. The Morgan fingerprint density at radius 2 is 2.08 bits per heavy atom. The summed E-state index contributed by atoms with van der Waals surface area (Å²) in [6.07, 6.45) is -3.07. The molecule has 0 unspecified atom stereocenters. The van der Waals surface area contributed by atoms with Crippen LogP contribution in [0.4, 0.5) is 28.0 Å². The zero-order valence-corrected chi connectivity index (χ0v) is 20.0. The normalized spacial score (nSPS) is 15.5. The Bertz CT molecular complexity index is 1300. The summed E-state index contributed by atoms with van der Waals surface area (Å²) in [6.45, 7) is 3.25. The molecule has 1 heterocycles. The van der Waals surface area contributed by atoms with Gasteiger partial charge in [-0.05, 0) is 24.3 Å². The number of ether oxygens (including phenoxy) is 2. The molecule has 0 radical (unpaired) electrons. The van der Waals surface area contributed by atoms with E-state index in [1.54, 1.807) is 6.07 Å². The van der Waals surface area contributed by atoms with Crippen molar-refractivity contribution in [1.82, 2.24) is 10.3 Å². The van der Waals surface area contributed by atoms with E-state index in [1.165, 1.54) is 24.4 Å². The monoisotopic (exact) mass is 558 g/mol. The van der Waals surface area contributed by atoms with Crippen LogP contribution < -0.4 is 15.4 Å². The molecule has 1 atom stereocenters. The SMILES string of the molecule is C=CCOC(=O)N[C@@H]1CN(/C(=N\C#N)Nc2cccc(OC(F)(F)F)c2F)N=C1c1ccc(Cl)c(Cl)c1. The summed E-state index contributed by atoms with van der Waals surface area (Å²) in [4.78, 5) is 15.8. The first-order chi connectivity index (χ1) is 17.5. The molecular weight excluding hydrogens is 543 g/mol. The summed E-state index contributed by atoms with van der Waals surface area (Å²) < 4.78 is 61.1. The first kappa shape index (κ1) is 27.6. The average Bonchev–Trinajstić information content (AvgIpc) is 3.24. The Balaban J connectivity index is 1.94. The number of benzene rings is 2. The zero-order chi connectivity index (χ0) is 27.2. The van der Waals surface area contributed by atoms with Crippen LogP contribution in [0, 0.1) is 17.3 Å². The number of carbonyl (C=O) groups excluding carboxylic acids is 1. The highest BCUT2D eigenvalue weighted by Crippen LogP contribution is 2.30. The van der Waals surface area contributed by atoms with Crippen molar-refractivity contribution in [3.05, 3.63) is 70.5 Å². The van der Waals surface area contributed by atoms with Crippen molar-refractivity contribution in [2.45, 2.75) is 12.4 Å². The number of guanidine groups is 1. The summed E-state index contributed by atoms with van der Waals surface area (Å²) in [7, 11) is 0. The van der Waals surface area contributed by atoms with Crippen molar-refractivity contribution in [1.29, 1.82) is 5.26 Å². The Kier molecular flexibility index (Phi) is 8.80. The van der Waals surface area contributed by atoms with Crippen LogP contribution in [-0.4, -0.2) is 48.3 Å².